The molecule has 1 aliphatic heterocycles. The average molecular weight is 474 g/mol. The maximum absolute atomic E-state index is 13.4. The number of aliphatic hydroxyl groups excluding tert-OH is 1. The molecular formula is C28H28FN3O3. The number of benzene rings is 3. The molecule has 0 spiro atoms. The standard InChI is InChI=1S/C28H28FN3O3/c1-18-7-8-19(2)26(13-18)35-17-23(33)16-32-25-6-4-3-5-24(25)30-28(32)20-14-27(34)31(15-20)22-11-9-21(29)10-12-22/h3-13,20,23,33H,14-17H2,1-2H3/t20-,23+/m1/s1. The SMILES string of the molecule is Cc1ccc(C)c(OC[C@@H](O)Cn2c([C@@H]3CC(=O)N(c4ccc(F)cc4)C3)nc3ccccc32)c1. The minimum absolute atomic E-state index is 0.0287. The van der Waals surface area contributed by atoms with Crippen molar-refractivity contribution in [3.8, 4) is 5.75 Å². The molecular weight excluding hydrogens is 445 g/mol. The van der Waals surface area contributed by atoms with Crippen molar-refractivity contribution in [2.24, 2.45) is 0 Å². The number of para-hydroxylation sites is 2. The van der Waals surface area contributed by atoms with Gasteiger partial charge < -0.3 is 19.3 Å². The normalized spacial score (nSPS) is 16.7. The number of carbonyl (C=O) groups excluding carboxylic acids is 1. The molecule has 1 amide bonds. The number of carbonyl (C=O) groups is 1. The number of aliphatic hydroxyl groups is 1. The summed E-state index contributed by atoms with van der Waals surface area (Å²) in [6.07, 6.45) is -0.466. The Morgan fingerprint density at radius 1 is 1.11 bits per heavy atom. The van der Waals surface area contributed by atoms with E-state index in [0.29, 0.717) is 25.2 Å². The molecule has 1 aliphatic rings. The zero-order valence-corrected chi connectivity index (χ0v) is 19.8. The molecule has 1 N–H and O–H groups in total. The lowest BCUT2D eigenvalue weighted by Gasteiger charge is -2.19. The third-order valence-corrected chi connectivity index (χ3v) is 6.48. The first-order valence-corrected chi connectivity index (χ1v) is 11.8. The van der Waals surface area contributed by atoms with Gasteiger partial charge in [-0.15, -0.1) is 0 Å². The molecule has 2 atom stereocenters. The van der Waals surface area contributed by atoms with Crippen LogP contribution in [0.5, 0.6) is 5.75 Å². The molecule has 35 heavy (non-hydrogen) atoms. The summed E-state index contributed by atoms with van der Waals surface area (Å²) in [7, 11) is 0. The summed E-state index contributed by atoms with van der Waals surface area (Å²) < 4.78 is 21.3. The van der Waals surface area contributed by atoms with E-state index in [0.717, 1.165) is 33.7 Å². The largest absolute Gasteiger partial charge is 0.491 e. The molecule has 180 valence electrons. The molecule has 0 aliphatic carbocycles. The smallest absolute Gasteiger partial charge is 0.227 e. The zero-order valence-electron chi connectivity index (χ0n) is 19.8. The lowest BCUT2D eigenvalue weighted by Crippen LogP contribution is -2.26. The van der Waals surface area contributed by atoms with Crippen molar-refractivity contribution >= 4 is 22.6 Å². The Labute approximate surface area is 203 Å². The predicted molar refractivity (Wildman–Crippen MR) is 133 cm³/mol. The van der Waals surface area contributed by atoms with E-state index in [9.17, 15) is 14.3 Å². The van der Waals surface area contributed by atoms with Gasteiger partial charge in [0.15, 0.2) is 0 Å². The highest BCUT2D eigenvalue weighted by Gasteiger charge is 2.35. The number of amides is 1. The van der Waals surface area contributed by atoms with Crippen molar-refractivity contribution in [2.75, 3.05) is 18.1 Å². The lowest BCUT2D eigenvalue weighted by atomic mass is 10.1. The molecule has 1 saturated heterocycles. The van der Waals surface area contributed by atoms with Crippen molar-refractivity contribution < 1.29 is 19.0 Å². The monoisotopic (exact) mass is 473 g/mol. The number of ether oxygens (including phenoxy) is 1. The van der Waals surface area contributed by atoms with Crippen LogP contribution in [0.15, 0.2) is 66.7 Å². The number of hydrogen-bond acceptors (Lipinski definition) is 4. The van der Waals surface area contributed by atoms with Crippen LogP contribution in [0.3, 0.4) is 0 Å². The van der Waals surface area contributed by atoms with Crippen molar-refractivity contribution in [3.63, 3.8) is 0 Å². The highest BCUT2D eigenvalue weighted by atomic mass is 19.1. The first-order valence-electron chi connectivity index (χ1n) is 11.8. The van der Waals surface area contributed by atoms with Gasteiger partial charge in [-0.2, -0.15) is 0 Å². The van der Waals surface area contributed by atoms with Gasteiger partial charge in [0.1, 0.15) is 30.1 Å². The van der Waals surface area contributed by atoms with Crippen LogP contribution in [0.25, 0.3) is 11.0 Å². The quantitative estimate of drug-likeness (QED) is 0.421. The Morgan fingerprint density at radius 2 is 1.89 bits per heavy atom. The number of aromatic nitrogens is 2. The number of anilines is 1. The van der Waals surface area contributed by atoms with E-state index in [-0.39, 0.29) is 24.2 Å². The first-order chi connectivity index (χ1) is 16.9. The first kappa shape index (κ1) is 23.1. The van der Waals surface area contributed by atoms with E-state index < -0.39 is 6.10 Å². The lowest BCUT2D eigenvalue weighted by molar-refractivity contribution is -0.117. The fraction of sp³-hybridized carbons (Fsp3) is 0.286. The number of imidazole rings is 1. The van der Waals surface area contributed by atoms with E-state index in [1.807, 2.05) is 60.9 Å². The molecule has 7 heteroatoms. The van der Waals surface area contributed by atoms with Crippen LogP contribution in [0.2, 0.25) is 0 Å². The second kappa shape index (κ2) is 9.50. The number of hydrogen-bond donors (Lipinski definition) is 1. The number of fused-ring (bicyclic) bond motifs is 1. The Balaban J connectivity index is 1.38. The Kier molecular flexibility index (Phi) is 6.26. The average Bonchev–Trinajstić information content (AvgIpc) is 3.41. The molecule has 1 fully saturated rings. The summed E-state index contributed by atoms with van der Waals surface area (Å²) >= 11 is 0. The fourth-order valence-corrected chi connectivity index (χ4v) is 4.66. The molecule has 0 unspecified atom stereocenters. The summed E-state index contributed by atoms with van der Waals surface area (Å²) in [6, 6.07) is 19.7. The number of halogens is 1. The highest BCUT2D eigenvalue weighted by Crippen LogP contribution is 2.33. The van der Waals surface area contributed by atoms with E-state index in [4.69, 9.17) is 9.72 Å². The zero-order chi connectivity index (χ0) is 24.5. The maximum Gasteiger partial charge on any atom is 0.227 e. The minimum atomic E-state index is -0.767. The number of aryl methyl sites for hydroxylation is 2. The van der Waals surface area contributed by atoms with Gasteiger partial charge in [0.2, 0.25) is 5.91 Å². The summed E-state index contributed by atoms with van der Waals surface area (Å²) in [6.45, 7) is 4.86. The van der Waals surface area contributed by atoms with Crippen LogP contribution in [-0.2, 0) is 11.3 Å². The van der Waals surface area contributed by atoms with Crippen LogP contribution in [0.1, 0.15) is 29.3 Å². The van der Waals surface area contributed by atoms with E-state index in [1.54, 1.807) is 17.0 Å². The molecule has 0 bridgehead atoms. The third kappa shape index (κ3) is 4.77. The van der Waals surface area contributed by atoms with Gasteiger partial charge in [0.25, 0.3) is 0 Å². The molecule has 2 heterocycles. The maximum atomic E-state index is 13.4. The van der Waals surface area contributed by atoms with Gasteiger partial charge in [0.05, 0.1) is 17.6 Å². The minimum Gasteiger partial charge on any atom is -0.491 e. The van der Waals surface area contributed by atoms with Crippen LogP contribution < -0.4 is 9.64 Å². The van der Waals surface area contributed by atoms with Crippen molar-refractivity contribution in [1.29, 1.82) is 0 Å². The van der Waals surface area contributed by atoms with Crippen molar-refractivity contribution in [1.82, 2.24) is 9.55 Å². The highest BCUT2D eigenvalue weighted by molar-refractivity contribution is 5.96. The predicted octanol–water partition coefficient (Wildman–Crippen LogP) is 4.75. The van der Waals surface area contributed by atoms with E-state index in [1.165, 1.54) is 12.1 Å². The molecule has 5 rings (SSSR count). The summed E-state index contributed by atoms with van der Waals surface area (Å²) in [4.78, 5) is 19.4. The molecule has 6 nitrogen and oxygen atoms in total. The van der Waals surface area contributed by atoms with E-state index in [2.05, 4.69) is 0 Å². The van der Waals surface area contributed by atoms with Gasteiger partial charge in [-0.1, -0.05) is 24.3 Å². The molecule has 0 radical (unpaired) electrons. The van der Waals surface area contributed by atoms with Gasteiger partial charge in [0, 0.05) is 24.6 Å². The summed E-state index contributed by atoms with van der Waals surface area (Å²) in [5.41, 5.74) is 4.50. The van der Waals surface area contributed by atoms with Crippen LogP contribution in [-0.4, -0.2) is 39.8 Å². The summed E-state index contributed by atoms with van der Waals surface area (Å²) in [5, 5.41) is 10.9. The molecule has 0 saturated carbocycles. The van der Waals surface area contributed by atoms with Gasteiger partial charge in [-0.25, -0.2) is 9.37 Å². The summed E-state index contributed by atoms with van der Waals surface area (Å²) in [5.74, 6) is 1.01. The second-order valence-electron chi connectivity index (χ2n) is 9.18. The molecule has 1 aromatic heterocycles. The van der Waals surface area contributed by atoms with E-state index >= 15 is 0 Å². The van der Waals surface area contributed by atoms with Gasteiger partial charge >= 0.3 is 0 Å². The topological polar surface area (TPSA) is 67.6 Å². The van der Waals surface area contributed by atoms with Crippen molar-refractivity contribution in [3.05, 3.63) is 89.5 Å². The van der Waals surface area contributed by atoms with Gasteiger partial charge in [-0.05, 0) is 67.4 Å². The third-order valence-electron chi connectivity index (χ3n) is 6.48. The fourth-order valence-electron chi connectivity index (χ4n) is 4.66. The number of rotatable bonds is 7. The van der Waals surface area contributed by atoms with Crippen LogP contribution >= 0.6 is 0 Å². The molecule has 3 aromatic carbocycles. The Bertz CT molecular complexity index is 1370. The second-order valence-corrected chi connectivity index (χ2v) is 9.18. The van der Waals surface area contributed by atoms with Crippen LogP contribution in [0.4, 0.5) is 10.1 Å². The van der Waals surface area contributed by atoms with Crippen LogP contribution in [0, 0.1) is 19.7 Å². The van der Waals surface area contributed by atoms with Crippen molar-refractivity contribution in [2.45, 2.75) is 38.8 Å². The number of nitrogens with zero attached hydrogens (tertiary/aromatic N) is 3. The Hall–Kier alpha value is -3.71. The molecule has 4 aromatic rings. The Morgan fingerprint density at radius 3 is 2.69 bits per heavy atom. The van der Waals surface area contributed by atoms with Gasteiger partial charge in [-0.3, -0.25) is 4.79 Å².